The number of amides is 1. The molecule has 156 valence electrons. The van der Waals surface area contributed by atoms with Gasteiger partial charge in [-0.2, -0.15) is 0 Å². The van der Waals surface area contributed by atoms with Crippen LogP contribution in [0, 0.1) is 6.92 Å². The Bertz CT molecular complexity index is 1150. The van der Waals surface area contributed by atoms with Crippen molar-refractivity contribution in [3.8, 4) is 17.0 Å². The van der Waals surface area contributed by atoms with Crippen molar-refractivity contribution in [2.45, 2.75) is 6.92 Å². The van der Waals surface area contributed by atoms with Gasteiger partial charge >= 0.3 is 0 Å². The maximum atomic E-state index is 12.6. The molecule has 1 amide bonds. The van der Waals surface area contributed by atoms with Gasteiger partial charge in [0.15, 0.2) is 0 Å². The molecule has 2 aromatic carbocycles. The Morgan fingerprint density at radius 3 is 2.43 bits per heavy atom. The van der Waals surface area contributed by atoms with Gasteiger partial charge in [0.25, 0.3) is 0 Å². The number of aryl methyl sites for hydroxylation is 1. The van der Waals surface area contributed by atoms with Gasteiger partial charge in [0.05, 0.1) is 24.7 Å². The Hall–Kier alpha value is -3.46. The molecule has 0 fully saturated rings. The van der Waals surface area contributed by atoms with Crippen LogP contribution in [-0.2, 0) is 14.8 Å². The zero-order chi connectivity index (χ0) is 21.7. The molecule has 1 heterocycles. The number of hydrogen-bond donors (Lipinski definition) is 1. The molecule has 0 aliphatic rings. The Morgan fingerprint density at radius 1 is 1.10 bits per heavy atom. The van der Waals surface area contributed by atoms with E-state index in [4.69, 9.17) is 4.74 Å². The van der Waals surface area contributed by atoms with Crippen LogP contribution in [-0.4, -0.2) is 44.2 Å². The summed E-state index contributed by atoms with van der Waals surface area (Å²) in [5.74, 6) is 0.487. The molecule has 1 aromatic heterocycles. The highest BCUT2D eigenvalue weighted by Gasteiger charge is 2.22. The average Bonchev–Trinajstić information content (AvgIpc) is 2.72. The van der Waals surface area contributed by atoms with E-state index in [1.165, 1.54) is 6.33 Å². The number of carbonyl (C=O) groups is 1. The number of para-hydroxylation sites is 1. The fourth-order valence-electron chi connectivity index (χ4n) is 2.88. The molecule has 0 bridgehead atoms. The maximum Gasteiger partial charge on any atom is 0.246 e. The van der Waals surface area contributed by atoms with Gasteiger partial charge in [0.2, 0.25) is 15.9 Å². The van der Waals surface area contributed by atoms with E-state index in [1.807, 2.05) is 24.3 Å². The highest BCUT2D eigenvalue weighted by Crippen LogP contribution is 2.23. The van der Waals surface area contributed by atoms with Crippen molar-refractivity contribution >= 4 is 27.4 Å². The van der Waals surface area contributed by atoms with Gasteiger partial charge in [-0.05, 0) is 42.8 Å². The van der Waals surface area contributed by atoms with Crippen LogP contribution in [0.15, 0.2) is 60.9 Å². The number of benzene rings is 2. The van der Waals surface area contributed by atoms with Gasteiger partial charge in [-0.3, -0.25) is 9.10 Å². The van der Waals surface area contributed by atoms with E-state index in [1.54, 1.807) is 44.4 Å². The van der Waals surface area contributed by atoms with Gasteiger partial charge < -0.3 is 10.1 Å². The van der Waals surface area contributed by atoms with Gasteiger partial charge in [0, 0.05) is 11.6 Å². The van der Waals surface area contributed by atoms with Crippen LogP contribution in [0.1, 0.15) is 5.56 Å². The van der Waals surface area contributed by atoms with Crippen LogP contribution in [0.3, 0.4) is 0 Å². The van der Waals surface area contributed by atoms with Crippen molar-refractivity contribution in [2.24, 2.45) is 0 Å². The molecule has 0 unspecified atom stereocenters. The minimum atomic E-state index is -3.66. The molecule has 3 rings (SSSR count). The zero-order valence-corrected chi connectivity index (χ0v) is 17.7. The number of nitrogens with zero attached hydrogens (tertiary/aromatic N) is 3. The molecule has 0 aliphatic carbocycles. The largest absolute Gasteiger partial charge is 0.497 e. The first-order valence-electron chi connectivity index (χ1n) is 9.07. The summed E-state index contributed by atoms with van der Waals surface area (Å²) in [5.41, 5.74) is 2.64. The Balaban J connectivity index is 1.79. The molecule has 8 nitrogen and oxygen atoms in total. The van der Waals surface area contributed by atoms with Crippen LogP contribution in [0.4, 0.5) is 11.5 Å². The van der Waals surface area contributed by atoms with Crippen LogP contribution < -0.4 is 14.4 Å². The molecular formula is C21H22N4O4S. The van der Waals surface area contributed by atoms with E-state index < -0.39 is 15.9 Å². The minimum Gasteiger partial charge on any atom is -0.497 e. The summed E-state index contributed by atoms with van der Waals surface area (Å²) in [6.07, 6.45) is 2.41. The van der Waals surface area contributed by atoms with Gasteiger partial charge in [-0.25, -0.2) is 18.4 Å². The molecule has 0 saturated carbocycles. The molecule has 0 atom stereocenters. The lowest BCUT2D eigenvalue weighted by Gasteiger charge is -2.23. The number of ether oxygens (including phenoxy) is 1. The first kappa shape index (κ1) is 21.3. The molecule has 9 heteroatoms. The minimum absolute atomic E-state index is 0.277. The Kier molecular flexibility index (Phi) is 6.31. The van der Waals surface area contributed by atoms with E-state index in [0.717, 1.165) is 27.4 Å². The molecule has 0 radical (unpaired) electrons. The van der Waals surface area contributed by atoms with E-state index in [9.17, 15) is 13.2 Å². The van der Waals surface area contributed by atoms with Crippen molar-refractivity contribution in [3.63, 3.8) is 0 Å². The number of sulfonamides is 1. The lowest BCUT2D eigenvalue weighted by molar-refractivity contribution is -0.114. The van der Waals surface area contributed by atoms with E-state index >= 15 is 0 Å². The van der Waals surface area contributed by atoms with Crippen molar-refractivity contribution in [3.05, 3.63) is 66.5 Å². The van der Waals surface area contributed by atoms with Crippen molar-refractivity contribution < 1.29 is 17.9 Å². The van der Waals surface area contributed by atoms with Crippen LogP contribution in [0.2, 0.25) is 0 Å². The summed E-state index contributed by atoms with van der Waals surface area (Å²) >= 11 is 0. The molecule has 0 aliphatic heterocycles. The molecule has 3 aromatic rings. The highest BCUT2D eigenvalue weighted by atomic mass is 32.2. The maximum absolute atomic E-state index is 12.6. The third-order valence-electron chi connectivity index (χ3n) is 4.39. The number of nitrogens with one attached hydrogen (secondary N) is 1. The van der Waals surface area contributed by atoms with Crippen LogP contribution in [0.5, 0.6) is 5.75 Å². The summed E-state index contributed by atoms with van der Waals surface area (Å²) in [6, 6.07) is 15.9. The second-order valence-electron chi connectivity index (χ2n) is 6.62. The smallest absolute Gasteiger partial charge is 0.246 e. The van der Waals surface area contributed by atoms with E-state index in [-0.39, 0.29) is 12.4 Å². The monoisotopic (exact) mass is 426 g/mol. The van der Waals surface area contributed by atoms with Crippen LogP contribution in [0.25, 0.3) is 11.3 Å². The van der Waals surface area contributed by atoms with E-state index in [2.05, 4.69) is 15.3 Å². The van der Waals surface area contributed by atoms with Crippen molar-refractivity contribution in [1.82, 2.24) is 9.97 Å². The van der Waals surface area contributed by atoms with Gasteiger partial charge in [-0.15, -0.1) is 0 Å². The predicted molar refractivity (Wildman–Crippen MR) is 116 cm³/mol. The summed E-state index contributed by atoms with van der Waals surface area (Å²) in [4.78, 5) is 20.9. The normalized spacial score (nSPS) is 11.0. The number of hydrogen-bond acceptors (Lipinski definition) is 6. The third kappa shape index (κ3) is 5.12. The first-order valence-corrected chi connectivity index (χ1v) is 10.9. The van der Waals surface area contributed by atoms with Gasteiger partial charge in [-0.1, -0.05) is 18.2 Å². The molecule has 0 saturated heterocycles. The zero-order valence-electron chi connectivity index (χ0n) is 16.9. The van der Waals surface area contributed by atoms with Crippen molar-refractivity contribution in [2.75, 3.05) is 29.5 Å². The summed E-state index contributed by atoms with van der Waals surface area (Å²) in [5, 5.41) is 2.65. The van der Waals surface area contributed by atoms with Crippen LogP contribution >= 0.6 is 0 Å². The summed E-state index contributed by atoms with van der Waals surface area (Å²) in [7, 11) is -2.07. The molecule has 1 N–H and O–H groups in total. The highest BCUT2D eigenvalue weighted by molar-refractivity contribution is 7.92. The Morgan fingerprint density at radius 2 is 1.80 bits per heavy atom. The Labute approximate surface area is 175 Å². The number of methoxy groups -OCH3 is 1. The van der Waals surface area contributed by atoms with E-state index in [0.29, 0.717) is 11.4 Å². The third-order valence-corrected chi connectivity index (χ3v) is 5.52. The molecule has 30 heavy (non-hydrogen) atoms. The lowest BCUT2D eigenvalue weighted by atomic mass is 10.1. The van der Waals surface area contributed by atoms with Gasteiger partial charge in [0.1, 0.15) is 24.4 Å². The second-order valence-corrected chi connectivity index (χ2v) is 8.53. The fourth-order valence-corrected chi connectivity index (χ4v) is 3.80. The number of aromatic nitrogens is 2. The fraction of sp³-hybridized carbons (Fsp3) is 0.190. The SMILES string of the molecule is COc1ccc(-c2cc(NC(=O)CN(c3ccccc3C)S(C)(=O)=O)ncn2)cc1. The second kappa shape index (κ2) is 8.91. The average molecular weight is 426 g/mol. The first-order chi connectivity index (χ1) is 14.3. The standard InChI is InChI=1S/C21H22N4O4S/c1-15-6-4-5-7-19(15)25(30(3,27)28)13-21(26)24-20-12-18(22-14-23-20)16-8-10-17(29-2)11-9-16/h4-12,14H,13H2,1-3H3,(H,22,23,24,26). The number of carbonyl (C=O) groups excluding carboxylic acids is 1. The summed E-state index contributed by atoms with van der Waals surface area (Å²) < 4.78 is 30.8. The lowest BCUT2D eigenvalue weighted by Crippen LogP contribution is -2.38. The number of rotatable bonds is 7. The number of anilines is 2. The topological polar surface area (TPSA) is 101 Å². The quantitative estimate of drug-likeness (QED) is 0.623. The predicted octanol–water partition coefficient (Wildman–Crippen LogP) is 2.87. The molecule has 0 spiro atoms. The van der Waals surface area contributed by atoms with Crippen molar-refractivity contribution in [1.29, 1.82) is 0 Å². The molecular weight excluding hydrogens is 404 g/mol. The summed E-state index contributed by atoms with van der Waals surface area (Å²) in [6.45, 7) is 1.42.